The monoisotopic (exact) mass is 458 g/mol. The molecule has 2 aromatic rings. The summed E-state index contributed by atoms with van der Waals surface area (Å²) in [7, 11) is -2.00. The highest BCUT2D eigenvalue weighted by Gasteiger charge is 2.50. The number of aromatic nitrogens is 1. The molecular weight excluding hydrogens is 424 g/mol. The normalized spacial score (nSPS) is 21.3. The topological polar surface area (TPSA) is 68.3 Å². The molecule has 168 valence electrons. The van der Waals surface area contributed by atoms with Crippen molar-refractivity contribution >= 4 is 41.9 Å². The predicted molar refractivity (Wildman–Crippen MR) is 130 cm³/mol. The fourth-order valence-electron chi connectivity index (χ4n) is 3.79. The molecule has 1 aromatic carbocycles. The lowest BCUT2D eigenvalue weighted by Crippen LogP contribution is -2.66. The van der Waals surface area contributed by atoms with Gasteiger partial charge in [-0.3, -0.25) is 14.6 Å². The third-order valence-corrected chi connectivity index (χ3v) is 12.5. The zero-order chi connectivity index (χ0) is 23.0. The molecule has 5 nitrogen and oxygen atoms in total. The van der Waals surface area contributed by atoms with Crippen LogP contribution in [0, 0.1) is 11.8 Å². The van der Waals surface area contributed by atoms with Crippen molar-refractivity contribution in [2.45, 2.75) is 70.6 Å². The van der Waals surface area contributed by atoms with E-state index in [0.29, 0.717) is 5.75 Å². The minimum Gasteiger partial charge on any atom is -0.413 e. The molecular formula is C24H34N2O3SSi. The number of carbonyl (C=O) groups excluding carboxylic acids is 2. The van der Waals surface area contributed by atoms with Crippen LogP contribution < -0.4 is 5.32 Å². The number of hydrogen-bond acceptors (Lipinski definition) is 5. The van der Waals surface area contributed by atoms with E-state index in [2.05, 4.69) is 44.2 Å². The maximum atomic E-state index is 13.0. The second-order valence-electron chi connectivity index (χ2n) is 10.0. The fraction of sp³-hybridized carbons (Fsp3) is 0.542. The van der Waals surface area contributed by atoms with Gasteiger partial charge >= 0.3 is 0 Å². The van der Waals surface area contributed by atoms with Crippen molar-refractivity contribution in [3.63, 3.8) is 0 Å². The highest BCUT2D eigenvalue weighted by atomic mass is 32.2. The molecule has 0 spiro atoms. The van der Waals surface area contributed by atoms with Crippen LogP contribution in [0.25, 0.3) is 10.8 Å². The number of hydrogen-bond donors (Lipinski definition) is 1. The maximum Gasteiger partial charge on any atom is 0.228 e. The van der Waals surface area contributed by atoms with Crippen LogP contribution in [0.2, 0.25) is 18.1 Å². The van der Waals surface area contributed by atoms with Crippen LogP contribution in [0.4, 0.5) is 0 Å². The summed E-state index contributed by atoms with van der Waals surface area (Å²) in [5.74, 6) is -0.0691. The first-order valence-electron chi connectivity index (χ1n) is 10.9. The molecule has 1 aliphatic heterocycles. The molecule has 0 bridgehead atoms. The van der Waals surface area contributed by atoms with Gasteiger partial charge in [0.25, 0.3) is 0 Å². The van der Waals surface area contributed by atoms with Gasteiger partial charge in [-0.15, -0.1) is 0 Å². The summed E-state index contributed by atoms with van der Waals surface area (Å²) in [5.41, 5.74) is 0.910. The predicted octanol–water partition coefficient (Wildman–Crippen LogP) is 5.16. The average Bonchev–Trinajstić information content (AvgIpc) is 2.68. The van der Waals surface area contributed by atoms with Crippen molar-refractivity contribution < 1.29 is 14.0 Å². The second kappa shape index (κ2) is 9.04. The number of amides is 1. The van der Waals surface area contributed by atoms with Gasteiger partial charge in [-0.2, -0.15) is 0 Å². The van der Waals surface area contributed by atoms with Crippen molar-refractivity contribution in [1.29, 1.82) is 0 Å². The Balaban J connectivity index is 1.64. The molecule has 7 heteroatoms. The number of benzene rings is 1. The number of nitrogens with zero attached hydrogens (tertiary/aromatic N) is 1. The lowest BCUT2D eigenvalue weighted by atomic mass is 9.79. The highest BCUT2D eigenvalue weighted by Crippen LogP contribution is 2.40. The molecule has 1 saturated heterocycles. The first-order valence-corrected chi connectivity index (χ1v) is 14.8. The van der Waals surface area contributed by atoms with Crippen molar-refractivity contribution in [3.8, 4) is 0 Å². The zero-order valence-corrected chi connectivity index (χ0v) is 21.4. The average molecular weight is 459 g/mol. The SMILES string of the molecule is C[C@@H](O[Si](C)(C)C(C)(C)C)[C@H]1C(=O)N[C@@H]1[C@@H](C)C(=O)SCc1nccc2ccccc12. The van der Waals surface area contributed by atoms with Crippen molar-refractivity contribution in [1.82, 2.24) is 10.3 Å². The Morgan fingerprint density at radius 1 is 1.23 bits per heavy atom. The summed E-state index contributed by atoms with van der Waals surface area (Å²) in [6.07, 6.45) is 1.58. The minimum absolute atomic E-state index is 0.0171. The van der Waals surface area contributed by atoms with Crippen LogP contribution in [-0.4, -0.2) is 36.5 Å². The summed E-state index contributed by atoms with van der Waals surface area (Å²) >= 11 is 1.28. The van der Waals surface area contributed by atoms with E-state index in [-0.39, 0.29) is 40.0 Å². The molecule has 1 aromatic heterocycles. The van der Waals surface area contributed by atoms with Gasteiger partial charge in [0.1, 0.15) is 0 Å². The lowest BCUT2D eigenvalue weighted by molar-refractivity contribution is -0.143. The molecule has 0 unspecified atom stereocenters. The first kappa shape index (κ1) is 23.9. The van der Waals surface area contributed by atoms with E-state index in [1.54, 1.807) is 6.20 Å². The van der Waals surface area contributed by atoms with Crippen LogP contribution >= 0.6 is 11.8 Å². The Kier molecular flexibility index (Phi) is 6.98. The van der Waals surface area contributed by atoms with E-state index in [9.17, 15) is 9.59 Å². The maximum absolute atomic E-state index is 13.0. The standard InChI is InChI=1S/C24H34N2O3SSi/c1-15(21-20(22(27)26-21)16(2)29-31(6,7)24(3,4)5)23(28)30-14-19-18-11-9-8-10-17(18)12-13-25-19/h8-13,15-16,20-21H,14H2,1-7H3,(H,26,27)/t15-,16-,20-,21-/m1/s1. The van der Waals surface area contributed by atoms with Crippen LogP contribution in [-0.2, 0) is 19.8 Å². The molecule has 2 heterocycles. The molecule has 0 radical (unpaired) electrons. The number of carbonyl (C=O) groups is 2. The largest absolute Gasteiger partial charge is 0.413 e. The molecule has 1 N–H and O–H groups in total. The third-order valence-electron chi connectivity index (χ3n) is 6.81. The van der Waals surface area contributed by atoms with Gasteiger partial charge in [0.15, 0.2) is 13.4 Å². The molecule has 0 saturated carbocycles. The summed E-state index contributed by atoms with van der Waals surface area (Å²) in [4.78, 5) is 29.8. The minimum atomic E-state index is -2.00. The van der Waals surface area contributed by atoms with E-state index >= 15 is 0 Å². The van der Waals surface area contributed by atoms with Crippen molar-refractivity contribution in [3.05, 3.63) is 42.2 Å². The van der Waals surface area contributed by atoms with E-state index in [0.717, 1.165) is 16.5 Å². The van der Waals surface area contributed by atoms with Gasteiger partial charge in [-0.1, -0.05) is 63.7 Å². The second-order valence-corrected chi connectivity index (χ2v) is 15.8. The van der Waals surface area contributed by atoms with E-state index < -0.39 is 8.32 Å². The number of β-lactam (4-membered cyclic amide) rings is 1. The van der Waals surface area contributed by atoms with Crippen LogP contribution in [0.1, 0.15) is 40.3 Å². The summed E-state index contributed by atoms with van der Waals surface area (Å²) in [5, 5.41) is 5.29. The summed E-state index contributed by atoms with van der Waals surface area (Å²) in [6, 6.07) is 9.86. The van der Waals surface area contributed by atoms with Gasteiger partial charge in [0.05, 0.1) is 23.8 Å². The number of fused-ring (bicyclic) bond motifs is 1. The van der Waals surface area contributed by atoms with Gasteiger partial charge in [0.2, 0.25) is 5.91 Å². The molecule has 1 aliphatic rings. The fourth-order valence-corrected chi connectivity index (χ4v) is 6.14. The van der Waals surface area contributed by atoms with Crippen LogP contribution in [0.15, 0.2) is 36.5 Å². The number of rotatable bonds is 7. The quantitative estimate of drug-likeness (QED) is 0.459. The molecule has 31 heavy (non-hydrogen) atoms. The molecule has 1 fully saturated rings. The van der Waals surface area contributed by atoms with Gasteiger partial charge < -0.3 is 9.74 Å². The number of nitrogens with one attached hydrogen (secondary N) is 1. The Hall–Kier alpha value is -1.70. The van der Waals surface area contributed by atoms with Gasteiger partial charge in [-0.25, -0.2) is 0 Å². The molecule has 3 rings (SSSR count). The first-order chi connectivity index (χ1) is 14.4. The molecule has 0 aliphatic carbocycles. The smallest absolute Gasteiger partial charge is 0.228 e. The summed E-state index contributed by atoms with van der Waals surface area (Å²) in [6.45, 7) is 14.8. The zero-order valence-electron chi connectivity index (χ0n) is 19.6. The van der Waals surface area contributed by atoms with E-state index in [1.165, 1.54) is 11.8 Å². The molecule has 1 amide bonds. The highest BCUT2D eigenvalue weighted by molar-refractivity contribution is 8.13. The Labute approximate surface area is 190 Å². The Bertz CT molecular complexity index is 967. The van der Waals surface area contributed by atoms with Crippen molar-refractivity contribution in [2.24, 2.45) is 11.8 Å². The third kappa shape index (κ3) is 5.04. The van der Waals surface area contributed by atoms with Crippen LogP contribution in [0.3, 0.4) is 0 Å². The summed E-state index contributed by atoms with van der Waals surface area (Å²) < 4.78 is 6.46. The number of pyridine rings is 1. The Morgan fingerprint density at radius 3 is 2.55 bits per heavy atom. The van der Waals surface area contributed by atoms with Crippen LogP contribution in [0.5, 0.6) is 0 Å². The van der Waals surface area contributed by atoms with E-state index in [4.69, 9.17) is 4.43 Å². The van der Waals surface area contributed by atoms with Gasteiger partial charge in [-0.05, 0) is 36.5 Å². The van der Waals surface area contributed by atoms with Gasteiger partial charge in [0, 0.05) is 23.3 Å². The molecule has 4 atom stereocenters. The Morgan fingerprint density at radius 2 is 1.90 bits per heavy atom. The number of thioether (sulfide) groups is 1. The van der Waals surface area contributed by atoms with E-state index in [1.807, 2.05) is 44.2 Å². The van der Waals surface area contributed by atoms with Crippen molar-refractivity contribution in [2.75, 3.05) is 0 Å². The lowest BCUT2D eigenvalue weighted by Gasteiger charge is -2.46.